The summed E-state index contributed by atoms with van der Waals surface area (Å²) in [7, 11) is 3.37. The number of aromatic nitrogens is 1. The Morgan fingerprint density at radius 1 is 0.969 bits per heavy atom. The fourth-order valence-electron chi connectivity index (χ4n) is 3.75. The lowest BCUT2D eigenvalue weighted by Crippen LogP contribution is -2.46. The third-order valence-corrected chi connectivity index (χ3v) is 5.44. The molecule has 0 aliphatic carbocycles. The van der Waals surface area contributed by atoms with Crippen molar-refractivity contribution in [1.82, 2.24) is 19.7 Å². The molecule has 3 rings (SSSR count). The number of aromatic amines is 1. The van der Waals surface area contributed by atoms with E-state index >= 15 is 0 Å². The average molecular weight is 439 g/mol. The van der Waals surface area contributed by atoms with E-state index < -0.39 is 0 Å². The molecule has 0 atom stereocenters. The summed E-state index contributed by atoms with van der Waals surface area (Å²) in [6.45, 7) is 3.36. The zero-order valence-corrected chi connectivity index (χ0v) is 19.0. The van der Waals surface area contributed by atoms with Crippen LogP contribution < -0.4 is 0 Å². The predicted octanol–water partition coefficient (Wildman–Crippen LogP) is 4.27. The van der Waals surface area contributed by atoms with Gasteiger partial charge in [-0.05, 0) is 42.2 Å². The number of fused-ring (bicyclic) bond motifs is 1. The highest BCUT2D eigenvalue weighted by atomic mass is 19.1. The van der Waals surface area contributed by atoms with Crippen LogP contribution in [0.3, 0.4) is 0 Å². The van der Waals surface area contributed by atoms with Gasteiger partial charge in [-0.25, -0.2) is 9.18 Å². The summed E-state index contributed by atoms with van der Waals surface area (Å²) in [6, 6.07) is 14.1. The second-order valence-electron chi connectivity index (χ2n) is 8.15. The number of urea groups is 1. The Bertz CT molecular complexity index is 1050. The summed E-state index contributed by atoms with van der Waals surface area (Å²) in [5, 5.41) is 1.14. The Morgan fingerprint density at radius 2 is 1.69 bits per heavy atom. The molecule has 0 unspecified atom stereocenters. The van der Waals surface area contributed by atoms with Crippen molar-refractivity contribution in [3.05, 3.63) is 71.7 Å². The van der Waals surface area contributed by atoms with Crippen LogP contribution in [0, 0.1) is 5.82 Å². The van der Waals surface area contributed by atoms with Gasteiger partial charge in [-0.2, -0.15) is 0 Å². The monoisotopic (exact) mass is 438 g/mol. The van der Waals surface area contributed by atoms with Crippen LogP contribution >= 0.6 is 0 Å². The van der Waals surface area contributed by atoms with E-state index in [1.165, 1.54) is 17.0 Å². The number of hydrogen-bond acceptors (Lipinski definition) is 2. The van der Waals surface area contributed by atoms with Gasteiger partial charge in [0, 0.05) is 50.8 Å². The quantitative estimate of drug-likeness (QED) is 0.542. The molecular formula is C25H31FN4O2. The molecule has 0 aliphatic rings. The first-order valence-electron chi connectivity index (χ1n) is 10.9. The molecule has 32 heavy (non-hydrogen) atoms. The summed E-state index contributed by atoms with van der Waals surface area (Å²) in [4.78, 5) is 33.9. The van der Waals surface area contributed by atoms with Crippen molar-refractivity contribution in [3.63, 3.8) is 0 Å². The summed E-state index contributed by atoms with van der Waals surface area (Å²) in [6.07, 6.45) is 3.41. The third kappa shape index (κ3) is 5.87. The first kappa shape index (κ1) is 23.3. The van der Waals surface area contributed by atoms with Gasteiger partial charge in [0.25, 0.3) is 0 Å². The van der Waals surface area contributed by atoms with E-state index in [1.807, 2.05) is 31.3 Å². The highest BCUT2D eigenvalue weighted by molar-refractivity contribution is 5.85. The van der Waals surface area contributed by atoms with Gasteiger partial charge in [0.2, 0.25) is 5.91 Å². The van der Waals surface area contributed by atoms with Gasteiger partial charge < -0.3 is 19.7 Å². The molecule has 6 nitrogen and oxygen atoms in total. The summed E-state index contributed by atoms with van der Waals surface area (Å²) >= 11 is 0. The highest BCUT2D eigenvalue weighted by Crippen LogP contribution is 2.19. The van der Waals surface area contributed by atoms with Gasteiger partial charge in [-0.1, -0.05) is 37.3 Å². The van der Waals surface area contributed by atoms with E-state index in [0.717, 1.165) is 28.5 Å². The van der Waals surface area contributed by atoms with Gasteiger partial charge >= 0.3 is 6.03 Å². The molecule has 7 heteroatoms. The van der Waals surface area contributed by atoms with Gasteiger partial charge in [0.15, 0.2) is 0 Å². The van der Waals surface area contributed by atoms with Crippen molar-refractivity contribution in [2.45, 2.75) is 26.3 Å². The summed E-state index contributed by atoms with van der Waals surface area (Å²) in [5.74, 6) is -0.436. The second kappa shape index (κ2) is 10.8. The number of para-hydroxylation sites is 1. The van der Waals surface area contributed by atoms with Crippen molar-refractivity contribution >= 4 is 22.8 Å². The maximum Gasteiger partial charge on any atom is 0.319 e. The van der Waals surface area contributed by atoms with Crippen LogP contribution in [0.5, 0.6) is 0 Å². The zero-order chi connectivity index (χ0) is 23.1. The van der Waals surface area contributed by atoms with Gasteiger partial charge in [-0.15, -0.1) is 0 Å². The molecule has 0 saturated carbocycles. The van der Waals surface area contributed by atoms with Crippen molar-refractivity contribution in [3.8, 4) is 0 Å². The molecule has 3 aromatic rings. The number of benzene rings is 2. The second-order valence-corrected chi connectivity index (χ2v) is 8.15. The minimum atomic E-state index is -0.309. The number of amides is 3. The Labute approximate surface area is 188 Å². The smallest absolute Gasteiger partial charge is 0.319 e. The number of nitrogens with zero attached hydrogens (tertiary/aromatic N) is 3. The van der Waals surface area contributed by atoms with Crippen LogP contribution in [0.1, 0.15) is 24.5 Å². The molecule has 2 aromatic carbocycles. The first-order valence-corrected chi connectivity index (χ1v) is 10.9. The Balaban J connectivity index is 1.78. The van der Waals surface area contributed by atoms with Crippen LogP contribution in [0.25, 0.3) is 10.9 Å². The van der Waals surface area contributed by atoms with Crippen molar-refractivity contribution in [2.75, 3.05) is 33.7 Å². The van der Waals surface area contributed by atoms with Crippen LogP contribution in [-0.4, -0.2) is 65.4 Å². The fourth-order valence-corrected chi connectivity index (χ4v) is 3.75. The summed E-state index contributed by atoms with van der Waals surface area (Å²) in [5.41, 5.74) is 3.04. The SMILES string of the molecule is CCCN(CC(=O)N(CCc1c[nH]c2ccccc12)Cc1ccc(F)cc1)C(=O)N(C)C. The molecule has 1 heterocycles. The Hall–Kier alpha value is -3.35. The van der Waals surface area contributed by atoms with Gasteiger partial charge in [0.1, 0.15) is 12.4 Å². The number of halogens is 1. The van der Waals surface area contributed by atoms with Crippen molar-refractivity contribution in [2.24, 2.45) is 0 Å². The molecule has 0 radical (unpaired) electrons. The predicted molar refractivity (Wildman–Crippen MR) is 125 cm³/mol. The number of hydrogen-bond donors (Lipinski definition) is 1. The minimum Gasteiger partial charge on any atom is -0.361 e. The molecule has 1 N–H and O–H groups in total. The topological polar surface area (TPSA) is 59.7 Å². The van der Waals surface area contributed by atoms with E-state index in [1.54, 1.807) is 36.0 Å². The van der Waals surface area contributed by atoms with Gasteiger partial charge in [0.05, 0.1) is 0 Å². The lowest BCUT2D eigenvalue weighted by Gasteiger charge is -2.29. The zero-order valence-electron chi connectivity index (χ0n) is 19.0. The molecular weight excluding hydrogens is 407 g/mol. The molecule has 0 fully saturated rings. The normalized spacial score (nSPS) is 10.9. The lowest BCUT2D eigenvalue weighted by atomic mass is 10.1. The molecule has 0 aliphatic heterocycles. The van der Waals surface area contributed by atoms with Crippen molar-refractivity contribution < 1.29 is 14.0 Å². The van der Waals surface area contributed by atoms with Crippen LogP contribution in [0.4, 0.5) is 9.18 Å². The average Bonchev–Trinajstić information content (AvgIpc) is 3.20. The van der Waals surface area contributed by atoms with Crippen molar-refractivity contribution in [1.29, 1.82) is 0 Å². The number of carbonyl (C=O) groups is 2. The van der Waals surface area contributed by atoms with Crippen LogP contribution in [0.2, 0.25) is 0 Å². The van der Waals surface area contributed by atoms with Crippen LogP contribution in [-0.2, 0) is 17.8 Å². The number of carbonyl (C=O) groups excluding carboxylic acids is 2. The maximum absolute atomic E-state index is 13.4. The minimum absolute atomic E-state index is 0.0138. The van der Waals surface area contributed by atoms with E-state index in [0.29, 0.717) is 26.1 Å². The molecule has 0 spiro atoms. The molecule has 170 valence electrons. The van der Waals surface area contributed by atoms with E-state index in [2.05, 4.69) is 11.1 Å². The molecule has 0 bridgehead atoms. The Morgan fingerprint density at radius 3 is 2.38 bits per heavy atom. The molecule has 0 saturated heterocycles. The van der Waals surface area contributed by atoms with E-state index in [9.17, 15) is 14.0 Å². The fraction of sp³-hybridized carbons (Fsp3) is 0.360. The standard InChI is InChI=1S/C25H31FN4O2/c1-4-14-30(25(32)28(2)3)18-24(31)29(17-19-9-11-21(26)12-10-19)15-13-20-16-27-23-8-6-5-7-22(20)23/h5-12,16,27H,4,13-15,17-18H2,1-3H3. The molecule has 1 aromatic heterocycles. The maximum atomic E-state index is 13.4. The first-order chi connectivity index (χ1) is 15.4. The summed E-state index contributed by atoms with van der Waals surface area (Å²) < 4.78 is 13.4. The van der Waals surface area contributed by atoms with E-state index in [-0.39, 0.29) is 24.3 Å². The van der Waals surface area contributed by atoms with Crippen LogP contribution in [0.15, 0.2) is 54.7 Å². The number of H-pyrrole nitrogens is 1. The number of nitrogens with one attached hydrogen (secondary N) is 1. The molecule has 3 amide bonds. The highest BCUT2D eigenvalue weighted by Gasteiger charge is 2.22. The third-order valence-electron chi connectivity index (χ3n) is 5.44. The lowest BCUT2D eigenvalue weighted by molar-refractivity contribution is -0.132. The van der Waals surface area contributed by atoms with E-state index in [4.69, 9.17) is 0 Å². The largest absolute Gasteiger partial charge is 0.361 e. The Kier molecular flexibility index (Phi) is 7.87. The number of rotatable bonds is 9. The van der Waals surface area contributed by atoms with Gasteiger partial charge in [-0.3, -0.25) is 4.79 Å².